The highest BCUT2D eigenvalue weighted by molar-refractivity contribution is 6.05. The summed E-state index contributed by atoms with van der Waals surface area (Å²) in [6, 6.07) is -0.0712. The molecule has 2 aliphatic heterocycles. The first kappa shape index (κ1) is 22.6. The molecule has 8 nitrogen and oxygen atoms in total. The molecule has 0 saturated carbocycles. The number of anilines is 3. The molecule has 2 atom stereocenters. The second-order valence-corrected chi connectivity index (χ2v) is 9.09. The Balaban J connectivity index is 1.52. The van der Waals surface area contributed by atoms with Crippen molar-refractivity contribution in [2.75, 3.05) is 48.7 Å². The van der Waals surface area contributed by atoms with Gasteiger partial charge in [-0.05, 0) is 57.2 Å². The number of nitrogens with zero attached hydrogens (tertiary/aromatic N) is 4. The highest BCUT2D eigenvalue weighted by atomic mass is 16.5. The van der Waals surface area contributed by atoms with Gasteiger partial charge in [-0.3, -0.25) is 9.69 Å². The van der Waals surface area contributed by atoms with Crippen molar-refractivity contribution in [1.82, 2.24) is 14.9 Å². The van der Waals surface area contributed by atoms with Gasteiger partial charge < -0.3 is 20.7 Å². The summed E-state index contributed by atoms with van der Waals surface area (Å²) in [5, 5.41) is 2.88. The van der Waals surface area contributed by atoms with Gasteiger partial charge in [0.2, 0.25) is 5.91 Å². The second kappa shape index (κ2) is 10.3. The molecule has 3 heterocycles. The van der Waals surface area contributed by atoms with Gasteiger partial charge in [-0.1, -0.05) is 38.0 Å². The number of carbonyl (C=O) groups excluding carboxylic acids is 1. The summed E-state index contributed by atoms with van der Waals surface area (Å²) in [7, 11) is 0. The van der Waals surface area contributed by atoms with Gasteiger partial charge >= 0.3 is 6.01 Å². The van der Waals surface area contributed by atoms with E-state index in [0.717, 1.165) is 25.8 Å². The monoisotopic (exact) mass is 440 g/mol. The van der Waals surface area contributed by atoms with E-state index >= 15 is 0 Å². The van der Waals surface area contributed by atoms with Gasteiger partial charge in [0.15, 0.2) is 11.6 Å². The number of unbranched alkanes of at least 4 members (excludes halogenated alkanes) is 1. The molecule has 1 aromatic heterocycles. The van der Waals surface area contributed by atoms with Crippen LogP contribution in [0.1, 0.15) is 52.4 Å². The third kappa shape index (κ3) is 5.23. The third-order valence-corrected chi connectivity index (χ3v) is 6.50. The molecule has 0 radical (unpaired) electrons. The van der Waals surface area contributed by atoms with Crippen LogP contribution in [-0.4, -0.2) is 59.6 Å². The molecular weight excluding hydrogens is 404 g/mol. The summed E-state index contributed by atoms with van der Waals surface area (Å²) < 4.78 is 5.73. The molecule has 1 aliphatic carbocycles. The van der Waals surface area contributed by atoms with Crippen molar-refractivity contribution in [2.24, 2.45) is 5.92 Å². The molecular formula is C24H36N6O2. The van der Waals surface area contributed by atoms with Crippen LogP contribution in [0.2, 0.25) is 0 Å². The maximum atomic E-state index is 12.7. The number of aromatic nitrogens is 2. The van der Waals surface area contributed by atoms with Crippen LogP contribution in [0, 0.1) is 5.92 Å². The van der Waals surface area contributed by atoms with Crippen LogP contribution in [0.25, 0.3) is 0 Å². The molecule has 4 rings (SSSR count). The number of carbonyl (C=O) groups is 1. The highest BCUT2D eigenvalue weighted by Gasteiger charge is 2.34. The number of amides is 1. The van der Waals surface area contributed by atoms with Gasteiger partial charge in [0.05, 0.1) is 6.61 Å². The molecule has 32 heavy (non-hydrogen) atoms. The molecule has 3 N–H and O–H groups in total. The highest BCUT2D eigenvalue weighted by Crippen LogP contribution is 2.36. The predicted octanol–water partition coefficient (Wildman–Crippen LogP) is 3.37. The molecule has 1 amide bonds. The number of nitrogen functional groups attached to an aromatic ring is 1. The lowest BCUT2D eigenvalue weighted by molar-refractivity contribution is -0.117. The standard InChI is InChI=1S/C24H36N6O2/c1-3-4-13-32-24-27-21(25)20-22(28-24)30(17(2)23(31)26-20)16-19-10-8-9-18(14-19)15-29-11-6-5-7-12-29/h8-9,14,17,19H,3-7,10-13,15-16H2,1-2H3,(H,26,31)(H2,25,27,28). The van der Waals surface area contributed by atoms with Crippen LogP contribution in [0.5, 0.6) is 6.01 Å². The van der Waals surface area contributed by atoms with E-state index in [2.05, 4.69) is 50.2 Å². The van der Waals surface area contributed by atoms with Gasteiger partial charge in [0.25, 0.3) is 0 Å². The summed E-state index contributed by atoms with van der Waals surface area (Å²) in [4.78, 5) is 26.1. The Kier molecular flexibility index (Phi) is 7.29. The molecule has 1 aromatic rings. The van der Waals surface area contributed by atoms with Gasteiger partial charge in [-0.15, -0.1) is 0 Å². The Labute approximate surface area is 190 Å². The average Bonchev–Trinajstić information content (AvgIpc) is 2.79. The summed E-state index contributed by atoms with van der Waals surface area (Å²) in [5.74, 6) is 1.12. The summed E-state index contributed by atoms with van der Waals surface area (Å²) in [6.45, 7) is 8.63. The minimum atomic E-state index is -0.342. The van der Waals surface area contributed by atoms with Crippen molar-refractivity contribution in [3.05, 3.63) is 23.8 Å². The zero-order valence-corrected chi connectivity index (χ0v) is 19.3. The SMILES string of the molecule is CCCCOc1nc(N)c2c(n1)N(CC1C=C(CN3CCCCC3)C=CC1)C(C)C(=O)N2. The first-order valence-electron chi connectivity index (χ1n) is 12.0. The van der Waals surface area contributed by atoms with E-state index in [9.17, 15) is 4.79 Å². The van der Waals surface area contributed by atoms with Gasteiger partial charge in [-0.25, -0.2) is 0 Å². The second-order valence-electron chi connectivity index (χ2n) is 9.09. The van der Waals surface area contributed by atoms with Crippen molar-refractivity contribution in [1.29, 1.82) is 0 Å². The molecule has 1 saturated heterocycles. The maximum Gasteiger partial charge on any atom is 0.320 e. The molecule has 8 heteroatoms. The van der Waals surface area contributed by atoms with Crippen LogP contribution in [0.15, 0.2) is 23.8 Å². The molecule has 174 valence electrons. The molecule has 2 unspecified atom stereocenters. The number of likely N-dealkylation sites (tertiary alicyclic amines) is 1. The third-order valence-electron chi connectivity index (χ3n) is 6.50. The summed E-state index contributed by atoms with van der Waals surface area (Å²) in [5.41, 5.74) is 8.02. The Bertz CT molecular complexity index is 877. The number of piperidine rings is 1. The van der Waals surface area contributed by atoms with Crippen LogP contribution in [0.3, 0.4) is 0 Å². The number of hydrogen-bond donors (Lipinski definition) is 2. The predicted molar refractivity (Wildman–Crippen MR) is 128 cm³/mol. The zero-order chi connectivity index (χ0) is 22.5. The number of hydrogen-bond acceptors (Lipinski definition) is 7. The lowest BCUT2D eigenvalue weighted by atomic mass is 9.94. The molecule has 0 bridgehead atoms. The Morgan fingerprint density at radius 1 is 1.25 bits per heavy atom. The largest absolute Gasteiger partial charge is 0.463 e. The van der Waals surface area contributed by atoms with Crippen LogP contribution in [0.4, 0.5) is 17.3 Å². The lowest BCUT2D eigenvalue weighted by Crippen LogP contribution is -2.49. The van der Waals surface area contributed by atoms with E-state index in [0.29, 0.717) is 30.6 Å². The first-order valence-corrected chi connectivity index (χ1v) is 12.0. The van der Waals surface area contributed by atoms with Crippen LogP contribution >= 0.6 is 0 Å². The smallest absolute Gasteiger partial charge is 0.320 e. The molecule has 3 aliphatic rings. The number of rotatable bonds is 8. The average molecular weight is 441 g/mol. The number of fused-ring (bicyclic) bond motifs is 1. The van der Waals surface area contributed by atoms with Crippen molar-refractivity contribution in [2.45, 2.75) is 58.4 Å². The van der Waals surface area contributed by atoms with E-state index in [4.69, 9.17) is 10.5 Å². The maximum absolute atomic E-state index is 12.7. The van der Waals surface area contributed by atoms with Crippen molar-refractivity contribution in [3.63, 3.8) is 0 Å². The first-order chi connectivity index (χ1) is 15.5. The van der Waals surface area contributed by atoms with E-state index in [1.54, 1.807) is 0 Å². The van der Waals surface area contributed by atoms with Crippen molar-refractivity contribution >= 4 is 23.2 Å². The summed E-state index contributed by atoms with van der Waals surface area (Å²) >= 11 is 0. The quantitative estimate of drug-likeness (QED) is 0.598. The number of nitrogens with two attached hydrogens (primary N) is 1. The number of ether oxygens (including phenoxy) is 1. The van der Waals surface area contributed by atoms with Crippen LogP contribution < -0.4 is 20.7 Å². The van der Waals surface area contributed by atoms with E-state index in [-0.39, 0.29) is 23.8 Å². The van der Waals surface area contributed by atoms with Gasteiger partial charge in [-0.2, -0.15) is 9.97 Å². The Hall–Kier alpha value is -2.61. The normalized spacial score (nSPS) is 23.5. The molecule has 0 aromatic carbocycles. The van der Waals surface area contributed by atoms with Crippen LogP contribution in [-0.2, 0) is 4.79 Å². The fourth-order valence-electron chi connectivity index (χ4n) is 4.62. The van der Waals surface area contributed by atoms with E-state index in [1.807, 2.05) is 6.92 Å². The summed E-state index contributed by atoms with van der Waals surface area (Å²) in [6.07, 6.45) is 13.7. The van der Waals surface area contributed by atoms with Crippen molar-refractivity contribution < 1.29 is 9.53 Å². The number of nitrogens with one attached hydrogen (secondary N) is 1. The van der Waals surface area contributed by atoms with Gasteiger partial charge in [0, 0.05) is 13.1 Å². The lowest BCUT2D eigenvalue weighted by Gasteiger charge is -2.37. The van der Waals surface area contributed by atoms with Crippen molar-refractivity contribution in [3.8, 4) is 6.01 Å². The molecule has 1 fully saturated rings. The molecule has 0 spiro atoms. The van der Waals surface area contributed by atoms with E-state index < -0.39 is 0 Å². The Morgan fingerprint density at radius 3 is 2.84 bits per heavy atom. The topological polar surface area (TPSA) is 96.6 Å². The fraction of sp³-hybridized carbons (Fsp3) is 0.625. The Morgan fingerprint density at radius 2 is 2.06 bits per heavy atom. The zero-order valence-electron chi connectivity index (χ0n) is 19.3. The fourth-order valence-corrected chi connectivity index (χ4v) is 4.62. The minimum Gasteiger partial charge on any atom is -0.463 e. The van der Waals surface area contributed by atoms with Gasteiger partial charge in [0.1, 0.15) is 11.7 Å². The van der Waals surface area contributed by atoms with E-state index in [1.165, 1.54) is 37.9 Å². The number of allylic oxidation sites excluding steroid dienone is 1. The minimum absolute atomic E-state index is 0.0867.